The smallest absolute Gasteiger partial charge is 0.453 e. The Bertz CT molecular complexity index is 1190. The number of fused-ring (bicyclic) bond motifs is 3. The summed E-state index contributed by atoms with van der Waals surface area (Å²) in [5.41, 5.74) is -0.697. The van der Waals surface area contributed by atoms with Crippen molar-refractivity contribution in [3.05, 3.63) is 57.9 Å². The van der Waals surface area contributed by atoms with Crippen LogP contribution >= 0.6 is 0 Å². The van der Waals surface area contributed by atoms with Crippen LogP contribution in [0.1, 0.15) is 17.7 Å². The van der Waals surface area contributed by atoms with Crippen LogP contribution in [0.3, 0.4) is 0 Å². The molecule has 0 atom stereocenters. The van der Waals surface area contributed by atoms with Gasteiger partial charge in [-0.3, -0.25) is 9.69 Å². The molecule has 10 heteroatoms. The number of benzene rings is 2. The highest BCUT2D eigenvalue weighted by Gasteiger charge is 2.41. The van der Waals surface area contributed by atoms with Crippen LogP contribution in [-0.2, 0) is 17.5 Å². The first-order valence-corrected chi connectivity index (χ1v) is 10.2. The molecule has 0 spiro atoms. The fourth-order valence-corrected chi connectivity index (χ4v) is 3.61. The van der Waals surface area contributed by atoms with Gasteiger partial charge in [0.2, 0.25) is 11.2 Å². The first-order chi connectivity index (χ1) is 15.8. The van der Waals surface area contributed by atoms with Crippen molar-refractivity contribution in [3.8, 4) is 23.0 Å². The van der Waals surface area contributed by atoms with Crippen molar-refractivity contribution in [2.45, 2.75) is 19.1 Å². The first kappa shape index (κ1) is 22.9. The van der Waals surface area contributed by atoms with Crippen molar-refractivity contribution >= 4 is 11.0 Å². The Morgan fingerprint density at radius 1 is 1.06 bits per heavy atom. The van der Waals surface area contributed by atoms with E-state index in [0.717, 1.165) is 6.42 Å². The average molecular weight is 465 g/mol. The molecule has 0 bridgehead atoms. The van der Waals surface area contributed by atoms with Crippen LogP contribution in [0.2, 0.25) is 0 Å². The lowest BCUT2D eigenvalue weighted by Gasteiger charge is -2.29. The van der Waals surface area contributed by atoms with Crippen LogP contribution in [-0.4, -0.2) is 39.0 Å². The van der Waals surface area contributed by atoms with E-state index in [2.05, 4.69) is 0 Å². The van der Waals surface area contributed by atoms with Crippen molar-refractivity contribution in [2.24, 2.45) is 0 Å². The second-order valence-corrected chi connectivity index (χ2v) is 7.46. The number of hydrogen-bond donors (Lipinski definition) is 0. The maximum atomic E-state index is 13.9. The van der Waals surface area contributed by atoms with Gasteiger partial charge in [0.1, 0.15) is 29.6 Å². The molecule has 2 aromatic carbocycles. The summed E-state index contributed by atoms with van der Waals surface area (Å²) in [5, 5.41) is -0.0207. The normalized spacial score (nSPS) is 14.1. The zero-order valence-electron chi connectivity index (χ0n) is 18.0. The van der Waals surface area contributed by atoms with Crippen molar-refractivity contribution in [3.63, 3.8) is 0 Å². The van der Waals surface area contributed by atoms with Gasteiger partial charge in [-0.2, -0.15) is 13.2 Å². The van der Waals surface area contributed by atoms with Crippen LogP contribution in [0.5, 0.6) is 23.0 Å². The van der Waals surface area contributed by atoms with Gasteiger partial charge in [-0.25, -0.2) is 0 Å². The molecule has 0 saturated heterocycles. The number of ether oxygens (including phenoxy) is 4. The van der Waals surface area contributed by atoms with Gasteiger partial charge in [0.15, 0.2) is 0 Å². The van der Waals surface area contributed by atoms with Crippen molar-refractivity contribution < 1.29 is 36.5 Å². The standard InChI is InChI=1S/C23H22F3NO6/c1-29-11-3-10-27-12-17-18(31-13-27)9-8-16-19(28)21(22(23(24,25)26)33-20(16)17)32-15-6-4-14(30-2)5-7-15/h4-9H,3,10-13H2,1-2H3. The third-order valence-corrected chi connectivity index (χ3v) is 5.22. The molecule has 0 unspecified atom stereocenters. The molecular formula is C23H22F3NO6. The minimum Gasteiger partial charge on any atom is -0.497 e. The fraction of sp³-hybridized carbons (Fsp3) is 0.348. The van der Waals surface area contributed by atoms with Gasteiger partial charge >= 0.3 is 6.18 Å². The Morgan fingerprint density at radius 2 is 1.79 bits per heavy atom. The van der Waals surface area contributed by atoms with Crippen LogP contribution in [0, 0.1) is 0 Å². The second kappa shape index (κ2) is 9.32. The molecule has 176 valence electrons. The number of nitrogens with zero attached hydrogens (tertiary/aromatic N) is 1. The first-order valence-electron chi connectivity index (χ1n) is 10.2. The largest absolute Gasteiger partial charge is 0.497 e. The van der Waals surface area contributed by atoms with Crippen LogP contribution < -0.4 is 19.6 Å². The highest BCUT2D eigenvalue weighted by molar-refractivity contribution is 5.83. The fourth-order valence-electron chi connectivity index (χ4n) is 3.61. The summed E-state index contributed by atoms with van der Waals surface area (Å²) in [7, 11) is 3.05. The molecule has 0 amide bonds. The number of halogens is 3. The minimum atomic E-state index is -4.95. The highest BCUT2D eigenvalue weighted by atomic mass is 19.4. The molecule has 3 aromatic rings. The third kappa shape index (κ3) is 4.76. The summed E-state index contributed by atoms with van der Waals surface area (Å²) >= 11 is 0. The number of methoxy groups -OCH3 is 2. The molecule has 0 fully saturated rings. The molecule has 0 aliphatic carbocycles. The van der Waals surface area contributed by atoms with Crippen LogP contribution in [0.4, 0.5) is 13.2 Å². The van der Waals surface area contributed by atoms with E-state index >= 15 is 0 Å². The van der Waals surface area contributed by atoms with E-state index in [4.69, 9.17) is 23.4 Å². The summed E-state index contributed by atoms with van der Waals surface area (Å²) in [5.74, 6) is -1.51. The lowest BCUT2D eigenvalue weighted by Crippen LogP contribution is -2.33. The Kier molecular flexibility index (Phi) is 6.48. The maximum absolute atomic E-state index is 13.9. The predicted molar refractivity (Wildman–Crippen MR) is 113 cm³/mol. The number of hydrogen-bond acceptors (Lipinski definition) is 7. The summed E-state index contributed by atoms with van der Waals surface area (Å²) in [6.45, 7) is 1.70. The molecular weight excluding hydrogens is 443 g/mol. The van der Waals surface area contributed by atoms with E-state index in [1.807, 2.05) is 4.90 Å². The van der Waals surface area contributed by atoms with Crippen LogP contribution in [0.25, 0.3) is 11.0 Å². The highest BCUT2D eigenvalue weighted by Crippen LogP contribution is 2.41. The van der Waals surface area contributed by atoms with E-state index in [0.29, 0.717) is 30.2 Å². The number of rotatable bonds is 7. The molecule has 1 aliphatic rings. The van der Waals surface area contributed by atoms with Gasteiger partial charge in [0.05, 0.1) is 18.1 Å². The van der Waals surface area contributed by atoms with Crippen LogP contribution in [0.15, 0.2) is 45.6 Å². The monoisotopic (exact) mass is 465 g/mol. The quantitative estimate of drug-likeness (QED) is 0.464. The van der Waals surface area contributed by atoms with Gasteiger partial charge in [0, 0.05) is 26.8 Å². The molecule has 1 aliphatic heterocycles. The van der Waals surface area contributed by atoms with Gasteiger partial charge < -0.3 is 23.4 Å². The number of alkyl halides is 3. The predicted octanol–water partition coefficient (Wildman–Crippen LogP) is 4.80. The lowest BCUT2D eigenvalue weighted by molar-refractivity contribution is -0.154. The summed E-state index contributed by atoms with van der Waals surface area (Å²) in [6.07, 6.45) is -4.23. The maximum Gasteiger partial charge on any atom is 0.453 e. The minimum absolute atomic E-state index is 0.0207. The van der Waals surface area contributed by atoms with Gasteiger partial charge in [-0.05, 0) is 42.8 Å². The zero-order valence-corrected chi connectivity index (χ0v) is 18.0. The average Bonchev–Trinajstić information content (AvgIpc) is 2.80. The molecule has 1 aromatic heterocycles. The van der Waals surface area contributed by atoms with Gasteiger partial charge in [0.25, 0.3) is 5.76 Å². The van der Waals surface area contributed by atoms with Crippen molar-refractivity contribution in [2.75, 3.05) is 34.1 Å². The second-order valence-electron chi connectivity index (χ2n) is 7.46. The molecule has 7 nitrogen and oxygen atoms in total. The third-order valence-electron chi connectivity index (χ3n) is 5.22. The lowest BCUT2D eigenvalue weighted by atomic mass is 10.1. The molecule has 0 radical (unpaired) electrons. The topological polar surface area (TPSA) is 70.4 Å². The van der Waals surface area contributed by atoms with Crippen molar-refractivity contribution in [1.82, 2.24) is 4.90 Å². The van der Waals surface area contributed by atoms with Gasteiger partial charge in [-0.1, -0.05) is 0 Å². The molecule has 4 rings (SSSR count). The summed E-state index contributed by atoms with van der Waals surface area (Å²) < 4.78 is 68.2. The Hall–Kier alpha value is -3.24. The van der Waals surface area contributed by atoms with E-state index in [1.54, 1.807) is 13.2 Å². The van der Waals surface area contributed by atoms with E-state index in [9.17, 15) is 18.0 Å². The molecule has 0 N–H and O–H groups in total. The van der Waals surface area contributed by atoms with Gasteiger partial charge in [-0.15, -0.1) is 0 Å². The molecule has 2 heterocycles. The SMILES string of the molecule is COCCCN1COc2ccc3c(=O)c(Oc4ccc(OC)cc4)c(C(F)(F)F)oc3c2C1. The molecule has 0 saturated carbocycles. The van der Waals surface area contributed by atoms with E-state index < -0.39 is 23.1 Å². The Morgan fingerprint density at radius 3 is 2.45 bits per heavy atom. The Balaban J connectivity index is 1.79. The molecule has 33 heavy (non-hydrogen) atoms. The Labute approximate surface area is 187 Å². The van der Waals surface area contributed by atoms with E-state index in [1.165, 1.54) is 37.4 Å². The summed E-state index contributed by atoms with van der Waals surface area (Å²) in [4.78, 5) is 15.0. The zero-order chi connectivity index (χ0) is 23.6. The summed E-state index contributed by atoms with van der Waals surface area (Å²) in [6, 6.07) is 8.78. The van der Waals surface area contributed by atoms with Crippen molar-refractivity contribution in [1.29, 1.82) is 0 Å². The van der Waals surface area contributed by atoms with E-state index in [-0.39, 0.29) is 30.0 Å².